The average Bonchev–Trinajstić information content (AvgIpc) is 2.97. The van der Waals surface area contributed by atoms with Crippen LogP contribution >= 0.6 is 12.2 Å². The van der Waals surface area contributed by atoms with Crippen LogP contribution < -0.4 is 16.2 Å². The lowest BCUT2D eigenvalue weighted by Crippen LogP contribution is -2.47. The first-order chi connectivity index (χ1) is 12.0. The zero-order valence-corrected chi connectivity index (χ0v) is 15.6. The first-order valence-electron chi connectivity index (χ1n) is 8.66. The molecule has 25 heavy (non-hydrogen) atoms. The van der Waals surface area contributed by atoms with Gasteiger partial charge in [-0.15, -0.1) is 0 Å². The highest BCUT2D eigenvalue weighted by Gasteiger charge is 2.20. The van der Waals surface area contributed by atoms with E-state index in [9.17, 15) is 9.59 Å². The van der Waals surface area contributed by atoms with Crippen molar-refractivity contribution in [1.29, 1.82) is 0 Å². The van der Waals surface area contributed by atoms with E-state index < -0.39 is 0 Å². The highest BCUT2D eigenvalue weighted by Crippen LogP contribution is 2.15. The van der Waals surface area contributed by atoms with Crippen molar-refractivity contribution in [2.24, 2.45) is 5.92 Å². The van der Waals surface area contributed by atoms with Crippen LogP contribution in [0.2, 0.25) is 0 Å². The average molecular weight is 362 g/mol. The molecule has 0 radical (unpaired) electrons. The van der Waals surface area contributed by atoms with E-state index in [0.29, 0.717) is 29.6 Å². The van der Waals surface area contributed by atoms with Crippen LogP contribution in [0, 0.1) is 5.92 Å². The van der Waals surface area contributed by atoms with E-state index in [1.54, 1.807) is 12.1 Å². The molecule has 1 aliphatic heterocycles. The van der Waals surface area contributed by atoms with E-state index in [2.05, 4.69) is 30.0 Å². The number of nitrogens with one attached hydrogen (secondary N) is 3. The number of carbonyl (C=O) groups excluding carboxylic acids is 2. The molecular weight excluding hydrogens is 336 g/mol. The summed E-state index contributed by atoms with van der Waals surface area (Å²) in [5, 5.41) is 3.44. The number of hydrazine groups is 1. The number of rotatable bonds is 6. The van der Waals surface area contributed by atoms with Crippen LogP contribution in [0.15, 0.2) is 24.3 Å². The fourth-order valence-electron chi connectivity index (χ4n) is 2.61. The molecule has 0 spiro atoms. The van der Waals surface area contributed by atoms with Crippen molar-refractivity contribution in [1.82, 2.24) is 21.1 Å². The van der Waals surface area contributed by atoms with Gasteiger partial charge in [0, 0.05) is 31.6 Å². The van der Waals surface area contributed by atoms with E-state index in [0.717, 1.165) is 31.5 Å². The highest BCUT2D eigenvalue weighted by molar-refractivity contribution is 7.80. The van der Waals surface area contributed by atoms with Crippen molar-refractivity contribution in [3.8, 4) is 0 Å². The molecule has 136 valence electrons. The number of hydrogen-bond donors (Lipinski definition) is 3. The Morgan fingerprint density at radius 2 is 2.12 bits per heavy atom. The minimum absolute atomic E-state index is 0.175. The minimum atomic E-state index is -0.261. The Bertz CT molecular complexity index is 633. The SMILES string of the molecule is CC(C)CCNC(=S)NNC(=O)c1cccc(CN2CCCC2=O)c1. The molecule has 0 aromatic heterocycles. The number of nitrogens with zero attached hydrogens (tertiary/aromatic N) is 1. The molecule has 1 aliphatic rings. The van der Waals surface area contributed by atoms with Gasteiger partial charge in [-0.1, -0.05) is 26.0 Å². The van der Waals surface area contributed by atoms with Gasteiger partial charge in [0.2, 0.25) is 5.91 Å². The molecule has 3 N–H and O–H groups in total. The molecule has 1 aromatic carbocycles. The summed E-state index contributed by atoms with van der Waals surface area (Å²) in [6.07, 6.45) is 2.53. The Morgan fingerprint density at radius 3 is 2.80 bits per heavy atom. The molecule has 2 amide bonds. The third-order valence-corrected chi connectivity index (χ3v) is 4.28. The predicted octanol–water partition coefficient (Wildman–Crippen LogP) is 1.96. The van der Waals surface area contributed by atoms with Gasteiger partial charge >= 0.3 is 0 Å². The molecule has 0 bridgehead atoms. The fraction of sp³-hybridized carbons (Fsp3) is 0.500. The second-order valence-corrected chi connectivity index (χ2v) is 7.05. The van der Waals surface area contributed by atoms with Crippen molar-refractivity contribution in [2.45, 2.75) is 39.7 Å². The second-order valence-electron chi connectivity index (χ2n) is 6.64. The summed E-state index contributed by atoms with van der Waals surface area (Å²) < 4.78 is 0. The van der Waals surface area contributed by atoms with Crippen molar-refractivity contribution in [3.63, 3.8) is 0 Å². The summed E-state index contributed by atoms with van der Waals surface area (Å²) in [7, 11) is 0. The number of hydrogen-bond acceptors (Lipinski definition) is 3. The topological polar surface area (TPSA) is 73.5 Å². The van der Waals surface area contributed by atoms with Gasteiger partial charge in [0.15, 0.2) is 5.11 Å². The van der Waals surface area contributed by atoms with Crippen LogP contribution in [-0.2, 0) is 11.3 Å². The molecule has 6 nitrogen and oxygen atoms in total. The molecule has 2 rings (SSSR count). The zero-order chi connectivity index (χ0) is 18.2. The quantitative estimate of drug-likeness (QED) is 0.533. The molecule has 1 heterocycles. The molecule has 0 atom stereocenters. The highest BCUT2D eigenvalue weighted by atomic mass is 32.1. The zero-order valence-electron chi connectivity index (χ0n) is 14.8. The second kappa shape index (κ2) is 9.36. The number of benzene rings is 1. The molecule has 1 saturated heterocycles. The van der Waals surface area contributed by atoms with Gasteiger partial charge in [0.05, 0.1) is 0 Å². The summed E-state index contributed by atoms with van der Waals surface area (Å²) in [6, 6.07) is 7.29. The third-order valence-electron chi connectivity index (χ3n) is 4.03. The first-order valence-corrected chi connectivity index (χ1v) is 9.07. The van der Waals surface area contributed by atoms with Crippen LogP contribution in [0.1, 0.15) is 49.0 Å². The van der Waals surface area contributed by atoms with Gasteiger partial charge < -0.3 is 10.2 Å². The molecular formula is C18H26N4O2S. The minimum Gasteiger partial charge on any atom is -0.361 e. The van der Waals surface area contributed by atoms with E-state index in [-0.39, 0.29) is 11.8 Å². The van der Waals surface area contributed by atoms with Gasteiger partial charge in [-0.2, -0.15) is 0 Å². The maximum atomic E-state index is 12.2. The monoisotopic (exact) mass is 362 g/mol. The van der Waals surface area contributed by atoms with Crippen molar-refractivity contribution < 1.29 is 9.59 Å². The van der Waals surface area contributed by atoms with Crippen LogP contribution in [0.4, 0.5) is 0 Å². The predicted molar refractivity (Wildman–Crippen MR) is 102 cm³/mol. The van der Waals surface area contributed by atoms with Gasteiger partial charge in [0.25, 0.3) is 5.91 Å². The van der Waals surface area contributed by atoms with E-state index in [1.807, 2.05) is 17.0 Å². The van der Waals surface area contributed by atoms with Gasteiger partial charge in [-0.25, -0.2) is 0 Å². The molecule has 0 unspecified atom stereocenters. The van der Waals surface area contributed by atoms with Crippen LogP contribution in [-0.4, -0.2) is 34.9 Å². The first kappa shape index (κ1) is 19.2. The molecule has 1 fully saturated rings. The smallest absolute Gasteiger partial charge is 0.269 e. The number of thiocarbonyl (C=S) groups is 1. The summed E-state index contributed by atoms with van der Waals surface area (Å²) in [5.41, 5.74) is 6.78. The van der Waals surface area contributed by atoms with E-state index in [4.69, 9.17) is 12.2 Å². The maximum Gasteiger partial charge on any atom is 0.269 e. The van der Waals surface area contributed by atoms with Crippen molar-refractivity contribution >= 4 is 29.1 Å². The van der Waals surface area contributed by atoms with Crippen LogP contribution in [0.5, 0.6) is 0 Å². The summed E-state index contributed by atoms with van der Waals surface area (Å²) in [4.78, 5) is 25.8. The van der Waals surface area contributed by atoms with E-state index >= 15 is 0 Å². The Kier molecular flexibility index (Phi) is 7.18. The Labute approximate surface area is 154 Å². The fourth-order valence-corrected chi connectivity index (χ4v) is 2.76. The summed E-state index contributed by atoms with van der Waals surface area (Å²) in [6.45, 7) is 6.37. The Hall–Kier alpha value is -2.15. The number of likely N-dealkylation sites (tertiary alicyclic amines) is 1. The number of amides is 2. The molecule has 1 aromatic rings. The number of carbonyl (C=O) groups is 2. The van der Waals surface area contributed by atoms with E-state index in [1.165, 1.54) is 0 Å². The molecule has 0 aliphatic carbocycles. The lowest BCUT2D eigenvalue weighted by molar-refractivity contribution is -0.128. The normalized spacial score (nSPS) is 13.9. The van der Waals surface area contributed by atoms with Gasteiger partial charge in [-0.3, -0.25) is 20.4 Å². The summed E-state index contributed by atoms with van der Waals surface area (Å²) in [5.74, 6) is 0.507. The lowest BCUT2D eigenvalue weighted by atomic mass is 10.1. The van der Waals surface area contributed by atoms with Gasteiger partial charge in [-0.05, 0) is 48.7 Å². The third kappa shape index (κ3) is 6.34. The standard InChI is InChI=1S/C18H26N4O2S/c1-13(2)8-9-19-18(25)21-20-17(24)15-6-3-5-14(11-15)12-22-10-4-7-16(22)23/h3,5-6,11,13H,4,7-10,12H2,1-2H3,(H,20,24)(H2,19,21,25). The largest absolute Gasteiger partial charge is 0.361 e. The van der Waals surface area contributed by atoms with Crippen molar-refractivity contribution in [3.05, 3.63) is 35.4 Å². The van der Waals surface area contributed by atoms with Crippen LogP contribution in [0.25, 0.3) is 0 Å². The lowest BCUT2D eigenvalue weighted by Gasteiger charge is -2.16. The van der Waals surface area contributed by atoms with Gasteiger partial charge in [0.1, 0.15) is 0 Å². The molecule has 0 saturated carbocycles. The Morgan fingerprint density at radius 1 is 1.32 bits per heavy atom. The van der Waals surface area contributed by atoms with Crippen molar-refractivity contribution in [2.75, 3.05) is 13.1 Å². The maximum absolute atomic E-state index is 12.2. The molecule has 7 heteroatoms. The summed E-state index contributed by atoms with van der Waals surface area (Å²) >= 11 is 5.13. The van der Waals surface area contributed by atoms with Crippen LogP contribution in [0.3, 0.4) is 0 Å². The Balaban J connectivity index is 1.82.